The number of aryl methyl sites for hydroxylation is 1. The number of benzene rings is 1. The number of carbonyl (C=O) groups excluding carboxylic acids is 1. The quantitative estimate of drug-likeness (QED) is 0.847. The Morgan fingerprint density at radius 1 is 1.35 bits per heavy atom. The van der Waals surface area contributed by atoms with E-state index in [9.17, 15) is 4.79 Å². The Hall–Kier alpha value is -2.10. The summed E-state index contributed by atoms with van der Waals surface area (Å²) in [6.45, 7) is 4.00. The van der Waals surface area contributed by atoms with Crippen molar-refractivity contribution < 1.29 is 4.79 Å². The minimum Gasteiger partial charge on any atom is -0.345 e. The Morgan fingerprint density at radius 3 is 2.65 bits per heavy atom. The number of amides is 1. The van der Waals surface area contributed by atoms with Crippen molar-refractivity contribution in [2.75, 3.05) is 0 Å². The van der Waals surface area contributed by atoms with E-state index in [0.29, 0.717) is 5.56 Å². The fraction of sp³-hybridized carbons (Fsp3) is 0.231. The molecule has 0 saturated carbocycles. The first-order chi connectivity index (χ1) is 8.16. The number of nitrogens with one attached hydrogen (secondary N) is 2. The molecule has 0 radical (unpaired) electrons. The smallest absolute Gasteiger partial charge is 0.254 e. The second-order valence-electron chi connectivity index (χ2n) is 4.09. The van der Waals surface area contributed by atoms with Gasteiger partial charge < -0.3 is 5.32 Å². The summed E-state index contributed by atoms with van der Waals surface area (Å²) in [6, 6.07) is 8.11. The van der Waals surface area contributed by atoms with E-state index in [1.165, 1.54) is 11.8 Å². The second kappa shape index (κ2) is 4.82. The summed E-state index contributed by atoms with van der Waals surface area (Å²) in [6.07, 6.45) is 3.09. The molecule has 1 heterocycles. The molecule has 0 spiro atoms. The predicted molar refractivity (Wildman–Crippen MR) is 65.6 cm³/mol. The molecular formula is C13H15N3O. The van der Waals surface area contributed by atoms with Crippen molar-refractivity contribution >= 4 is 5.91 Å². The molecule has 0 aliphatic carbocycles. The van der Waals surface area contributed by atoms with E-state index in [1.54, 1.807) is 6.20 Å². The summed E-state index contributed by atoms with van der Waals surface area (Å²) in [7, 11) is 0. The van der Waals surface area contributed by atoms with E-state index in [2.05, 4.69) is 15.5 Å². The van der Waals surface area contributed by atoms with Gasteiger partial charge >= 0.3 is 0 Å². The number of hydrogen-bond acceptors (Lipinski definition) is 2. The van der Waals surface area contributed by atoms with Crippen molar-refractivity contribution in [1.29, 1.82) is 0 Å². The van der Waals surface area contributed by atoms with Crippen LogP contribution in [-0.2, 0) is 0 Å². The van der Waals surface area contributed by atoms with Gasteiger partial charge in [-0.05, 0) is 19.4 Å². The van der Waals surface area contributed by atoms with Gasteiger partial charge in [0.05, 0.1) is 17.8 Å². The third-order valence-corrected chi connectivity index (χ3v) is 2.69. The van der Waals surface area contributed by atoms with Crippen LogP contribution in [0.4, 0.5) is 0 Å². The molecule has 0 aliphatic heterocycles. The Labute approximate surface area is 100 Å². The van der Waals surface area contributed by atoms with Crippen LogP contribution in [0, 0.1) is 6.92 Å². The van der Waals surface area contributed by atoms with Crippen LogP contribution in [0.5, 0.6) is 0 Å². The SMILES string of the molecule is Cc1ccc(C(C)NC(=O)c2cn[nH]c2)cc1. The van der Waals surface area contributed by atoms with Gasteiger partial charge in [0, 0.05) is 6.20 Å². The lowest BCUT2D eigenvalue weighted by Gasteiger charge is -2.13. The summed E-state index contributed by atoms with van der Waals surface area (Å²) in [5, 5.41) is 9.29. The topological polar surface area (TPSA) is 57.8 Å². The van der Waals surface area contributed by atoms with Crippen LogP contribution in [0.25, 0.3) is 0 Å². The highest BCUT2D eigenvalue weighted by molar-refractivity contribution is 5.93. The Bertz CT molecular complexity index is 488. The van der Waals surface area contributed by atoms with E-state index >= 15 is 0 Å². The number of rotatable bonds is 3. The van der Waals surface area contributed by atoms with Crippen molar-refractivity contribution in [2.24, 2.45) is 0 Å². The molecular weight excluding hydrogens is 214 g/mol. The fourth-order valence-electron chi connectivity index (χ4n) is 1.59. The first kappa shape index (κ1) is 11.4. The van der Waals surface area contributed by atoms with Gasteiger partial charge in [0.2, 0.25) is 0 Å². The third kappa shape index (κ3) is 2.72. The molecule has 0 bridgehead atoms. The van der Waals surface area contributed by atoms with Crippen molar-refractivity contribution in [3.05, 3.63) is 53.3 Å². The maximum absolute atomic E-state index is 11.8. The maximum Gasteiger partial charge on any atom is 0.254 e. The minimum absolute atomic E-state index is 0.0157. The number of aromatic amines is 1. The van der Waals surface area contributed by atoms with E-state index in [-0.39, 0.29) is 11.9 Å². The average Bonchev–Trinajstić information content (AvgIpc) is 2.83. The van der Waals surface area contributed by atoms with E-state index in [0.717, 1.165) is 5.56 Å². The van der Waals surface area contributed by atoms with Crippen LogP contribution in [0.2, 0.25) is 0 Å². The monoisotopic (exact) mass is 229 g/mol. The number of aromatic nitrogens is 2. The first-order valence-electron chi connectivity index (χ1n) is 5.53. The van der Waals surface area contributed by atoms with Gasteiger partial charge in [0.15, 0.2) is 0 Å². The summed E-state index contributed by atoms with van der Waals surface area (Å²) in [5.41, 5.74) is 2.85. The van der Waals surface area contributed by atoms with E-state index in [4.69, 9.17) is 0 Å². The number of hydrogen-bond donors (Lipinski definition) is 2. The number of nitrogens with zero attached hydrogens (tertiary/aromatic N) is 1. The molecule has 2 rings (SSSR count). The van der Waals surface area contributed by atoms with Gasteiger partial charge in [-0.2, -0.15) is 5.10 Å². The van der Waals surface area contributed by atoms with Gasteiger partial charge in [0.1, 0.15) is 0 Å². The zero-order valence-corrected chi connectivity index (χ0v) is 9.90. The summed E-state index contributed by atoms with van der Waals surface area (Å²) >= 11 is 0. The van der Waals surface area contributed by atoms with Gasteiger partial charge in [-0.15, -0.1) is 0 Å². The van der Waals surface area contributed by atoms with Crippen LogP contribution in [-0.4, -0.2) is 16.1 Å². The lowest BCUT2D eigenvalue weighted by atomic mass is 10.1. The molecule has 0 aliphatic rings. The van der Waals surface area contributed by atoms with Crippen molar-refractivity contribution in [2.45, 2.75) is 19.9 Å². The Morgan fingerprint density at radius 2 is 2.06 bits per heavy atom. The largest absolute Gasteiger partial charge is 0.345 e. The van der Waals surface area contributed by atoms with Crippen LogP contribution < -0.4 is 5.32 Å². The molecule has 17 heavy (non-hydrogen) atoms. The zero-order chi connectivity index (χ0) is 12.3. The molecule has 1 unspecified atom stereocenters. The maximum atomic E-state index is 11.8. The van der Waals surface area contributed by atoms with Crippen LogP contribution >= 0.6 is 0 Å². The predicted octanol–water partition coefficient (Wildman–Crippen LogP) is 2.21. The molecule has 1 aromatic carbocycles. The number of H-pyrrole nitrogens is 1. The normalized spacial score (nSPS) is 12.1. The van der Waals surface area contributed by atoms with E-state index in [1.807, 2.05) is 38.1 Å². The molecule has 1 aromatic heterocycles. The summed E-state index contributed by atoms with van der Waals surface area (Å²) in [5.74, 6) is -0.119. The number of carbonyl (C=O) groups is 1. The molecule has 4 nitrogen and oxygen atoms in total. The molecule has 0 fully saturated rings. The van der Waals surface area contributed by atoms with Crippen LogP contribution in [0.3, 0.4) is 0 Å². The standard InChI is InChI=1S/C13H15N3O/c1-9-3-5-11(6-4-9)10(2)16-13(17)12-7-14-15-8-12/h3-8,10H,1-2H3,(H,14,15)(H,16,17). The molecule has 88 valence electrons. The van der Waals surface area contributed by atoms with Gasteiger partial charge in [-0.3, -0.25) is 9.89 Å². The molecule has 2 N–H and O–H groups in total. The van der Waals surface area contributed by atoms with Crippen molar-refractivity contribution in [3.63, 3.8) is 0 Å². The second-order valence-corrected chi connectivity index (χ2v) is 4.09. The van der Waals surface area contributed by atoms with Crippen LogP contribution in [0.15, 0.2) is 36.7 Å². The van der Waals surface area contributed by atoms with Crippen LogP contribution in [0.1, 0.15) is 34.5 Å². The lowest BCUT2D eigenvalue weighted by Crippen LogP contribution is -2.26. The highest BCUT2D eigenvalue weighted by atomic mass is 16.1. The lowest BCUT2D eigenvalue weighted by molar-refractivity contribution is 0.0940. The Kier molecular flexibility index (Phi) is 3.23. The van der Waals surface area contributed by atoms with E-state index < -0.39 is 0 Å². The van der Waals surface area contributed by atoms with Gasteiger partial charge in [-0.25, -0.2) is 0 Å². The summed E-state index contributed by atoms with van der Waals surface area (Å²) < 4.78 is 0. The molecule has 1 amide bonds. The fourth-order valence-corrected chi connectivity index (χ4v) is 1.59. The summed E-state index contributed by atoms with van der Waals surface area (Å²) in [4.78, 5) is 11.8. The van der Waals surface area contributed by atoms with Gasteiger partial charge in [0.25, 0.3) is 5.91 Å². The molecule has 4 heteroatoms. The molecule has 0 saturated heterocycles. The molecule has 1 atom stereocenters. The highest BCUT2D eigenvalue weighted by Crippen LogP contribution is 2.13. The van der Waals surface area contributed by atoms with Crippen molar-refractivity contribution in [3.8, 4) is 0 Å². The van der Waals surface area contributed by atoms with Gasteiger partial charge in [-0.1, -0.05) is 29.8 Å². The zero-order valence-electron chi connectivity index (χ0n) is 9.90. The minimum atomic E-state index is -0.119. The average molecular weight is 229 g/mol. The van der Waals surface area contributed by atoms with Crippen molar-refractivity contribution in [1.82, 2.24) is 15.5 Å². The first-order valence-corrected chi connectivity index (χ1v) is 5.53. The third-order valence-electron chi connectivity index (χ3n) is 2.69. The highest BCUT2D eigenvalue weighted by Gasteiger charge is 2.11. The Balaban J connectivity index is 2.04. The molecule has 2 aromatic rings.